The topological polar surface area (TPSA) is 157 Å². The van der Waals surface area contributed by atoms with Gasteiger partial charge in [0.1, 0.15) is 24.9 Å². The Kier molecular flexibility index (Phi) is 18.4. The van der Waals surface area contributed by atoms with Crippen molar-refractivity contribution >= 4 is 26.0 Å². The zero-order valence-electron chi connectivity index (χ0n) is 29.6. The number of hydrogen-bond acceptors (Lipinski definition) is 11. The van der Waals surface area contributed by atoms with E-state index in [9.17, 15) is 18.9 Å². The van der Waals surface area contributed by atoms with Gasteiger partial charge in [-0.05, 0) is 65.5 Å². The van der Waals surface area contributed by atoms with Gasteiger partial charge < -0.3 is 29.6 Å². The summed E-state index contributed by atoms with van der Waals surface area (Å²) in [4.78, 5) is 36.3. The van der Waals surface area contributed by atoms with E-state index in [4.69, 9.17) is 32.5 Å². The van der Waals surface area contributed by atoms with Crippen LogP contribution in [0.3, 0.4) is 0 Å². The molecular formula is C35H53N2O11P. The summed E-state index contributed by atoms with van der Waals surface area (Å²) in [5, 5.41) is 5.23. The number of hydrogen-bond donors (Lipinski definition) is 2. The summed E-state index contributed by atoms with van der Waals surface area (Å²) in [6.45, 7) is 10.7. The molecule has 2 rings (SSSR count). The average molecular weight is 709 g/mol. The Morgan fingerprint density at radius 1 is 0.673 bits per heavy atom. The predicted octanol–water partition coefficient (Wildman–Crippen LogP) is 7.08. The fourth-order valence-corrected chi connectivity index (χ4v) is 5.24. The number of unbranched alkanes of at least 4 members (excludes halogenated alkanes) is 2. The van der Waals surface area contributed by atoms with E-state index in [1.54, 1.807) is 32.9 Å². The summed E-state index contributed by atoms with van der Waals surface area (Å²) in [6, 6.07) is 18.3. The maximum Gasteiger partial charge on any atom is 0.475 e. The van der Waals surface area contributed by atoms with Crippen LogP contribution in [-0.4, -0.2) is 68.4 Å². The minimum absolute atomic E-state index is 0.0216. The van der Waals surface area contributed by atoms with Gasteiger partial charge in [0.15, 0.2) is 0 Å². The molecule has 0 saturated heterocycles. The first kappa shape index (κ1) is 41.7. The van der Waals surface area contributed by atoms with Gasteiger partial charge >= 0.3 is 26.0 Å². The number of carbonyl (C=O) groups is 3. The Morgan fingerprint density at radius 3 is 1.90 bits per heavy atom. The minimum atomic E-state index is -4.17. The first-order chi connectivity index (χ1) is 23.1. The van der Waals surface area contributed by atoms with Crippen LogP contribution >= 0.6 is 7.82 Å². The highest BCUT2D eigenvalue weighted by Crippen LogP contribution is 2.50. The quantitative estimate of drug-likeness (QED) is 0.0591. The van der Waals surface area contributed by atoms with Crippen molar-refractivity contribution in [3.05, 3.63) is 71.8 Å². The van der Waals surface area contributed by atoms with E-state index in [1.165, 1.54) is 0 Å². The fourth-order valence-electron chi connectivity index (χ4n) is 4.05. The van der Waals surface area contributed by atoms with Gasteiger partial charge in [0.2, 0.25) is 0 Å². The summed E-state index contributed by atoms with van der Waals surface area (Å²) in [5.41, 5.74) is 0.379. The van der Waals surface area contributed by atoms with Gasteiger partial charge in [0.05, 0.1) is 25.4 Å². The molecule has 0 aromatic heterocycles. The van der Waals surface area contributed by atoms with Gasteiger partial charge in [-0.3, -0.25) is 18.4 Å². The lowest BCUT2D eigenvalue weighted by atomic mass is 10.2. The molecular weight excluding hydrogens is 655 g/mol. The zero-order chi connectivity index (χ0) is 36.2. The number of alkyl carbamates (subject to hydrolysis) is 2. The summed E-state index contributed by atoms with van der Waals surface area (Å²) in [6.07, 6.45) is 0.207. The number of nitrogens with one attached hydrogen (secondary N) is 2. The predicted molar refractivity (Wildman–Crippen MR) is 184 cm³/mol. The van der Waals surface area contributed by atoms with E-state index in [2.05, 4.69) is 10.6 Å². The molecule has 2 aromatic rings. The smallest absolute Gasteiger partial charge is 0.463 e. The molecule has 2 aromatic carbocycles. The fraction of sp³-hybridized carbons (Fsp3) is 0.571. The van der Waals surface area contributed by atoms with Crippen molar-refractivity contribution in [1.29, 1.82) is 0 Å². The third-order valence-corrected chi connectivity index (χ3v) is 7.57. The van der Waals surface area contributed by atoms with E-state index in [0.717, 1.165) is 11.1 Å². The Morgan fingerprint density at radius 2 is 1.29 bits per heavy atom. The van der Waals surface area contributed by atoms with E-state index in [-0.39, 0.29) is 46.0 Å². The van der Waals surface area contributed by atoms with Crippen LogP contribution < -0.4 is 10.6 Å². The number of rotatable bonds is 21. The number of esters is 1. The summed E-state index contributed by atoms with van der Waals surface area (Å²) >= 11 is 0. The van der Waals surface area contributed by atoms with E-state index in [0.29, 0.717) is 25.8 Å². The van der Waals surface area contributed by atoms with Crippen molar-refractivity contribution < 1.29 is 51.5 Å². The Bertz CT molecular complexity index is 1300. The SMILES string of the molecule is CC(C)(C)OC(=O)NCCCCCC(=O)OCC(COP(=O)(OCCNC(=O)OCc1ccccc1)OCc1ccccc1)OC(C)(C)C. The minimum Gasteiger partial charge on any atom is -0.463 e. The number of phosphoric ester groups is 1. The molecule has 2 unspecified atom stereocenters. The average Bonchev–Trinajstić information content (AvgIpc) is 3.04. The van der Waals surface area contributed by atoms with Crippen LogP contribution in [0.15, 0.2) is 60.7 Å². The van der Waals surface area contributed by atoms with Gasteiger partial charge in [-0.2, -0.15) is 0 Å². The second-order valence-electron chi connectivity index (χ2n) is 13.1. The van der Waals surface area contributed by atoms with Crippen LogP contribution in [0.25, 0.3) is 0 Å². The lowest BCUT2D eigenvalue weighted by molar-refractivity contribution is -0.155. The van der Waals surface area contributed by atoms with Crippen LogP contribution in [0, 0.1) is 0 Å². The molecule has 14 heteroatoms. The first-order valence-corrected chi connectivity index (χ1v) is 17.9. The molecule has 13 nitrogen and oxygen atoms in total. The summed E-state index contributed by atoms with van der Waals surface area (Å²) < 4.78 is 52.4. The van der Waals surface area contributed by atoms with E-state index >= 15 is 0 Å². The van der Waals surface area contributed by atoms with Gasteiger partial charge in [0, 0.05) is 19.5 Å². The van der Waals surface area contributed by atoms with Gasteiger partial charge in [0.25, 0.3) is 0 Å². The first-order valence-electron chi connectivity index (χ1n) is 16.4. The van der Waals surface area contributed by atoms with Crippen LogP contribution in [0.5, 0.6) is 0 Å². The molecule has 0 aliphatic heterocycles. The lowest BCUT2D eigenvalue weighted by Gasteiger charge is -2.28. The van der Waals surface area contributed by atoms with Crippen molar-refractivity contribution in [2.75, 3.05) is 32.9 Å². The molecule has 0 saturated carbocycles. The number of phosphoric acid groups is 1. The largest absolute Gasteiger partial charge is 0.475 e. The molecule has 0 radical (unpaired) electrons. The highest BCUT2D eigenvalue weighted by Gasteiger charge is 2.31. The Balaban J connectivity index is 1.85. The van der Waals surface area contributed by atoms with Crippen molar-refractivity contribution in [2.45, 2.75) is 97.7 Å². The van der Waals surface area contributed by atoms with Gasteiger partial charge in [-0.1, -0.05) is 67.1 Å². The van der Waals surface area contributed by atoms with E-state index in [1.807, 2.05) is 69.3 Å². The molecule has 0 fully saturated rings. The lowest BCUT2D eigenvalue weighted by Crippen LogP contribution is -2.35. The van der Waals surface area contributed by atoms with E-state index < -0.39 is 43.3 Å². The Labute approximate surface area is 290 Å². The van der Waals surface area contributed by atoms with Crippen LogP contribution in [0.2, 0.25) is 0 Å². The third kappa shape index (κ3) is 21.3. The maximum atomic E-state index is 13.7. The molecule has 0 aliphatic rings. The molecule has 2 amide bonds. The monoisotopic (exact) mass is 708 g/mol. The molecule has 2 atom stereocenters. The molecule has 0 bridgehead atoms. The maximum absolute atomic E-state index is 13.7. The summed E-state index contributed by atoms with van der Waals surface area (Å²) in [5.74, 6) is -0.424. The van der Waals surface area contributed by atoms with Crippen LogP contribution in [0.1, 0.15) is 78.4 Å². The molecule has 0 spiro atoms. The highest BCUT2D eigenvalue weighted by atomic mass is 31.2. The number of ether oxygens (including phenoxy) is 4. The molecule has 49 heavy (non-hydrogen) atoms. The Hall–Kier alpha value is -3.48. The number of benzene rings is 2. The number of carbonyl (C=O) groups excluding carboxylic acids is 3. The molecule has 0 heterocycles. The van der Waals surface area contributed by atoms with Crippen LogP contribution in [0.4, 0.5) is 9.59 Å². The normalized spacial score (nSPS) is 13.5. The van der Waals surface area contributed by atoms with Crippen molar-refractivity contribution in [3.63, 3.8) is 0 Å². The van der Waals surface area contributed by atoms with Gasteiger partial charge in [-0.25, -0.2) is 14.2 Å². The highest BCUT2D eigenvalue weighted by molar-refractivity contribution is 7.48. The van der Waals surface area contributed by atoms with Crippen molar-refractivity contribution in [3.8, 4) is 0 Å². The second-order valence-corrected chi connectivity index (χ2v) is 14.8. The zero-order valence-corrected chi connectivity index (χ0v) is 30.5. The summed E-state index contributed by atoms with van der Waals surface area (Å²) in [7, 11) is -4.17. The van der Waals surface area contributed by atoms with Crippen LogP contribution in [-0.2, 0) is 55.1 Å². The standard InChI is InChI=1S/C35H53N2O11P/c1-34(2,3)47-30(26-42-31(38)20-14-9-15-21-36-33(40)48-35(4,5)6)27-46-49(41,45-25-29-18-12-8-13-19-29)44-23-22-37-32(39)43-24-28-16-10-7-11-17-28/h7-8,10-13,16-19,30H,9,14-15,20-27H2,1-6H3,(H,36,40)(H,37,39). The van der Waals surface area contributed by atoms with Crippen molar-refractivity contribution in [2.24, 2.45) is 0 Å². The molecule has 0 aliphatic carbocycles. The van der Waals surface area contributed by atoms with Crippen molar-refractivity contribution in [1.82, 2.24) is 10.6 Å². The third-order valence-electron chi connectivity index (χ3n) is 6.16. The molecule has 2 N–H and O–H groups in total. The second kappa shape index (κ2) is 21.6. The number of amides is 2. The van der Waals surface area contributed by atoms with Gasteiger partial charge in [-0.15, -0.1) is 0 Å². The molecule has 274 valence electrons.